The Morgan fingerprint density at radius 1 is 1.05 bits per heavy atom. The van der Waals surface area contributed by atoms with Crippen molar-refractivity contribution < 1.29 is 28.7 Å². The number of nitrogens with zero attached hydrogens (tertiary/aromatic N) is 1. The molecule has 1 aromatic carbocycles. The van der Waals surface area contributed by atoms with Gasteiger partial charge in [-0.05, 0) is 61.3 Å². The Balaban J connectivity index is 1.69. The van der Waals surface area contributed by atoms with Crippen molar-refractivity contribution in [2.75, 3.05) is 6.61 Å². The van der Waals surface area contributed by atoms with Crippen molar-refractivity contribution >= 4 is 29.4 Å². The summed E-state index contributed by atoms with van der Waals surface area (Å²) in [6.07, 6.45) is 9.64. The number of ketones is 1. The zero-order chi connectivity index (χ0) is 29.4. The van der Waals surface area contributed by atoms with Crippen LogP contribution < -0.4 is 21.1 Å². The van der Waals surface area contributed by atoms with Gasteiger partial charge < -0.3 is 26.0 Å². The maximum absolute atomic E-state index is 14.4. The van der Waals surface area contributed by atoms with Crippen molar-refractivity contribution in [1.82, 2.24) is 15.5 Å². The highest BCUT2D eigenvalue weighted by Crippen LogP contribution is 2.32. The minimum Gasteiger partial charge on any atom is -0.494 e. The van der Waals surface area contributed by atoms with E-state index in [1.54, 1.807) is 4.90 Å². The average molecular weight is 569 g/mol. The van der Waals surface area contributed by atoms with E-state index in [4.69, 9.17) is 10.5 Å². The molecule has 3 bridgehead atoms. The maximum atomic E-state index is 14.4. The Morgan fingerprint density at radius 2 is 1.78 bits per heavy atom. The molecule has 0 spiro atoms. The summed E-state index contributed by atoms with van der Waals surface area (Å²) in [6, 6.07) is 3.04. The lowest BCUT2D eigenvalue weighted by molar-refractivity contribution is -0.147. The topological polar surface area (TPSA) is 148 Å². The molecule has 4 amide bonds. The van der Waals surface area contributed by atoms with E-state index in [1.807, 2.05) is 25.1 Å². The van der Waals surface area contributed by atoms with Gasteiger partial charge >= 0.3 is 0 Å². The zero-order valence-electron chi connectivity index (χ0n) is 24.1. The van der Waals surface area contributed by atoms with Crippen LogP contribution in [-0.2, 0) is 36.9 Å². The van der Waals surface area contributed by atoms with Gasteiger partial charge in [0, 0.05) is 19.4 Å². The number of amides is 4. The number of Topliss-reactive ketones (excluding diaryl/α,β-unsaturated/α-hetero) is 1. The molecule has 2 aliphatic heterocycles. The number of primary amides is 1. The first-order valence-electron chi connectivity index (χ1n) is 15.3. The van der Waals surface area contributed by atoms with Gasteiger partial charge in [0.1, 0.15) is 17.8 Å². The number of hydrogen-bond donors (Lipinski definition) is 3. The second-order valence-corrected chi connectivity index (χ2v) is 11.7. The van der Waals surface area contributed by atoms with E-state index in [1.165, 1.54) is 0 Å². The molecular weight excluding hydrogens is 524 g/mol. The number of carbonyl (C=O) groups excluding carboxylic acids is 5. The van der Waals surface area contributed by atoms with Crippen LogP contribution in [0.2, 0.25) is 0 Å². The third-order valence-corrected chi connectivity index (χ3v) is 8.62. The number of benzene rings is 1. The summed E-state index contributed by atoms with van der Waals surface area (Å²) in [5, 5.41) is 5.78. The van der Waals surface area contributed by atoms with Crippen LogP contribution in [0, 0.1) is 5.92 Å². The normalized spacial score (nSPS) is 23.3. The Morgan fingerprint density at radius 3 is 2.51 bits per heavy atom. The second-order valence-electron chi connectivity index (χ2n) is 11.7. The highest BCUT2D eigenvalue weighted by molar-refractivity contribution is 6.37. The SMILES string of the molecule is CCCC(NC(=O)[C@@H]1Cc2ccc3cc2CN1C(=O)[C@H](C1CCCCC1)NC(=O)CCCCCCO3)C(=O)C(N)=O. The van der Waals surface area contributed by atoms with Gasteiger partial charge in [0.15, 0.2) is 0 Å². The third-order valence-electron chi connectivity index (χ3n) is 8.62. The molecule has 10 nitrogen and oxygen atoms in total. The lowest BCUT2D eigenvalue weighted by atomic mass is 9.82. The van der Waals surface area contributed by atoms with Crippen LogP contribution in [0.3, 0.4) is 0 Å². The molecule has 41 heavy (non-hydrogen) atoms. The molecule has 0 aromatic heterocycles. The predicted octanol–water partition coefficient (Wildman–Crippen LogP) is 2.69. The lowest BCUT2D eigenvalue weighted by Gasteiger charge is -2.40. The van der Waals surface area contributed by atoms with Gasteiger partial charge in [0.25, 0.3) is 5.91 Å². The standard InChI is InChI=1S/C31H44N4O6/c1-2-10-24(28(37)29(32)38)33-30(39)25-18-21-14-15-23-17-22(21)19-35(25)31(40)27(20-11-6-5-7-12-20)34-26(36)13-8-3-4-9-16-41-23/h14-15,17,20,24-25,27H,2-13,16,18-19H2,1H3,(H2,32,38)(H,33,39)(H,34,36)/t24?,25-,27-/m0/s1. The molecule has 224 valence electrons. The van der Waals surface area contributed by atoms with E-state index in [2.05, 4.69) is 10.6 Å². The summed E-state index contributed by atoms with van der Waals surface area (Å²) >= 11 is 0. The minimum atomic E-state index is -1.11. The molecule has 1 aliphatic carbocycles. The van der Waals surface area contributed by atoms with E-state index < -0.39 is 35.7 Å². The first-order valence-corrected chi connectivity index (χ1v) is 15.3. The highest BCUT2D eigenvalue weighted by atomic mass is 16.5. The van der Waals surface area contributed by atoms with Gasteiger partial charge in [0.2, 0.25) is 23.5 Å². The molecule has 3 atom stereocenters. The lowest BCUT2D eigenvalue weighted by Crippen LogP contribution is -2.61. The smallest absolute Gasteiger partial charge is 0.287 e. The largest absolute Gasteiger partial charge is 0.494 e. The number of ether oxygens (including phenoxy) is 1. The Labute approximate surface area is 242 Å². The van der Waals surface area contributed by atoms with Crippen LogP contribution in [0.15, 0.2) is 18.2 Å². The molecule has 1 saturated carbocycles. The van der Waals surface area contributed by atoms with E-state index in [9.17, 15) is 24.0 Å². The summed E-state index contributed by atoms with van der Waals surface area (Å²) in [7, 11) is 0. The molecule has 0 radical (unpaired) electrons. The van der Waals surface area contributed by atoms with E-state index in [-0.39, 0.29) is 37.1 Å². The van der Waals surface area contributed by atoms with Crippen LogP contribution in [0.4, 0.5) is 0 Å². The maximum Gasteiger partial charge on any atom is 0.287 e. The fourth-order valence-corrected chi connectivity index (χ4v) is 6.32. The van der Waals surface area contributed by atoms with Gasteiger partial charge in [-0.25, -0.2) is 0 Å². The monoisotopic (exact) mass is 568 g/mol. The molecule has 2 heterocycles. The van der Waals surface area contributed by atoms with Crippen molar-refractivity contribution in [1.29, 1.82) is 0 Å². The quantitative estimate of drug-likeness (QED) is 0.431. The van der Waals surface area contributed by atoms with Crippen molar-refractivity contribution in [3.05, 3.63) is 29.3 Å². The molecule has 10 heteroatoms. The Kier molecular flexibility index (Phi) is 10.8. The summed E-state index contributed by atoms with van der Waals surface area (Å²) in [4.78, 5) is 66.8. The molecule has 1 aromatic rings. The Hall–Kier alpha value is -3.43. The Bertz CT molecular complexity index is 1130. The van der Waals surface area contributed by atoms with Crippen molar-refractivity contribution in [3.8, 4) is 5.75 Å². The molecule has 1 unspecified atom stereocenters. The van der Waals surface area contributed by atoms with E-state index in [0.29, 0.717) is 19.4 Å². The second kappa shape index (κ2) is 14.5. The summed E-state index contributed by atoms with van der Waals surface area (Å²) in [5.74, 6) is -2.20. The van der Waals surface area contributed by atoms with Crippen LogP contribution in [-0.4, -0.2) is 59.0 Å². The average Bonchev–Trinajstić information content (AvgIpc) is 2.97. The first-order chi connectivity index (χ1) is 19.8. The van der Waals surface area contributed by atoms with Crippen LogP contribution in [0.25, 0.3) is 0 Å². The molecule has 3 aliphatic rings. The number of hydrogen-bond acceptors (Lipinski definition) is 6. The van der Waals surface area contributed by atoms with Crippen LogP contribution in [0.5, 0.6) is 5.75 Å². The van der Waals surface area contributed by atoms with Crippen LogP contribution >= 0.6 is 0 Å². The predicted molar refractivity (Wildman–Crippen MR) is 153 cm³/mol. The zero-order valence-corrected chi connectivity index (χ0v) is 24.1. The van der Waals surface area contributed by atoms with Gasteiger partial charge in [-0.15, -0.1) is 0 Å². The molecule has 0 saturated heterocycles. The molecule has 4 rings (SSSR count). The number of nitrogens with two attached hydrogens (primary N) is 1. The van der Waals surface area contributed by atoms with Crippen molar-refractivity contribution in [2.24, 2.45) is 11.7 Å². The third kappa shape index (κ3) is 7.86. The molecule has 1 fully saturated rings. The number of rotatable bonds is 7. The number of fused-ring (bicyclic) bond motifs is 2. The fraction of sp³-hybridized carbons (Fsp3) is 0.645. The van der Waals surface area contributed by atoms with Gasteiger partial charge in [-0.2, -0.15) is 0 Å². The summed E-state index contributed by atoms with van der Waals surface area (Å²) in [6.45, 7) is 2.58. The van der Waals surface area contributed by atoms with E-state index in [0.717, 1.165) is 74.7 Å². The summed E-state index contributed by atoms with van der Waals surface area (Å²) in [5.41, 5.74) is 7.05. The molecular formula is C31H44N4O6. The van der Waals surface area contributed by atoms with Crippen LogP contribution in [0.1, 0.15) is 95.1 Å². The minimum absolute atomic E-state index is 0.0110. The number of nitrogens with one attached hydrogen (secondary N) is 2. The van der Waals surface area contributed by atoms with E-state index >= 15 is 0 Å². The molecule has 4 N–H and O–H groups in total. The number of carbonyl (C=O) groups is 5. The van der Waals surface area contributed by atoms with Crippen molar-refractivity contribution in [3.63, 3.8) is 0 Å². The summed E-state index contributed by atoms with van der Waals surface area (Å²) < 4.78 is 5.99. The van der Waals surface area contributed by atoms with Crippen molar-refractivity contribution in [2.45, 2.75) is 115 Å². The highest BCUT2D eigenvalue weighted by Gasteiger charge is 2.42. The fourth-order valence-electron chi connectivity index (χ4n) is 6.32. The van der Waals surface area contributed by atoms with Gasteiger partial charge in [-0.1, -0.05) is 51.5 Å². The first kappa shape index (κ1) is 30.5. The van der Waals surface area contributed by atoms with Gasteiger partial charge in [-0.3, -0.25) is 24.0 Å². The van der Waals surface area contributed by atoms with Gasteiger partial charge in [0.05, 0.1) is 12.6 Å².